The summed E-state index contributed by atoms with van der Waals surface area (Å²) in [4.78, 5) is 222. The number of hydrogen-bond acceptors (Lipinski definition) is 28. The number of piperazine rings is 1. The molecule has 50 heteroatoms. The summed E-state index contributed by atoms with van der Waals surface area (Å²) in [5.74, 6) is -16.5. The molecule has 2 saturated heterocycles. The lowest BCUT2D eigenvalue weighted by Crippen LogP contribution is -2.61. The van der Waals surface area contributed by atoms with Gasteiger partial charge in [-0.2, -0.15) is 4.31 Å². The van der Waals surface area contributed by atoms with Crippen molar-refractivity contribution in [2.45, 2.75) is 268 Å². The van der Waals surface area contributed by atoms with Crippen LogP contribution in [-0.4, -0.2) is 320 Å². The van der Waals surface area contributed by atoms with E-state index in [9.17, 15) is 95.7 Å². The topological polar surface area (TPSA) is 760 Å². The van der Waals surface area contributed by atoms with Gasteiger partial charge in [-0.1, -0.05) is 92.5 Å². The summed E-state index contributed by atoms with van der Waals surface area (Å²) < 4.78 is 34.9. The normalized spacial score (nSPS) is 16.4. The van der Waals surface area contributed by atoms with Crippen LogP contribution in [-0.2, 0) is 97.9 Å². The number of aliphatic hydroxyl groups excluding tert-OH is 1. The summed E-state index contributed by atoms with van der Waals surface area (Å²) in [5.41, 5.74) is 23.1. The van der Waals surface area contributed by atoms with Crippen LogP contribution in [0.4, 0.5) is 0 Å². The number of aromatic hydroxyl groups is 1. The molecule has 5 rings (SSSR count). The number of nitrogens with one attached hydrogen (secondary N) is 19. The van der Waals surface area contributed by atoms with Crippen molar-refractivity contribution in [1.82, 2.24) is 104 Å². The van der Waals surface area contributed by atoms with E-state index in [2.05, 4.69) is 95.0 Å². The number of hydrogen-bond donors (Lipinski definition) is 26. The maximum atomic E-state index is 14.9. The van der Waals surface area contributed by atoms with Crippen molar-refractivity contribution in [3.05, 3.63) is 66.5 Å². The molecule has 2 aromatic carbocycles. The number of nitrogens with zero attached hydrogens (tertiary/aromatic N) is 4. The number of sulfonamides is 1. The van der Waals surface area contributed by atoms with E-state index < -0.39 is 214 Å². The molecule has 2 aliphatic heterocycles. The third kappa shape index (κ3) is 41.8. The number of carboxylic acid groups (broad SMARTS) is 1. The number of phenolic OH excluding ortho intramolecular Hbond substituents is 1. The van der Waals surface area contributed by atoms with Gasteiger partial charge in [-0.3, -0.25) is 93.2 Å². The van der Waals surface area contributed by atoms with Crippen LogP contribution >= 0.6 is 0 Å². The van der Waals surface area contributed by atoms with E-state index in [1.165, 1.54) is 35.5 Å². The van der Waals surface area contributed by atoms with Crippen LogP contribution in [0, 0.1) is 39.9 Å². The second kappa shape index (κ2) is 61.8. The monoisotopic (exact) mass is 2020 g/mol. The van der Waals surface area contributed by atoms with Crippen LogP contribution in [0.5, 0.6) is 5.75 Å². The number of aliphatic carboxylic acids is 1. The number of guanidine groups is 3. The van der Waals surface area contributed by atoms with Gasteiger partial charge in [-0.15, -0.1) is 5.06 Å². The van der Waals surface area contributed by atoms with Crippen LogP contribution in [0.3, 0.4) is 0 Å². The van der Waals surface area contributed by atoms with Crippen LogP contribution in [0.1, 0.15) is 184 Å². The maximum Gasteiger partial charge on any atom is 0.347 e. The minimum atomic E-state index is -3.81. The molecule has 49 nitrogen and oxygen atoms in total. The van der Waals surface area contributed by atoms with Gasteiger partial charge in [0, 0.05) is 108 Å². The van der Waals surface area contributed by atoms with Gasteiger partial charge in [0.05, 0.1) is 24.7 Å². The number of hydroxylamine groups is 2. The number of fused-ring (bicyclic) bond motifs is 1. The molecule has 2 fully saturated rings. The highest BCUT2D eigenvalue weighted by Crippen LogP contribution is 2.27. The first-order valence-corrected chi connectivity index (χ1v) is 49.8. The Balaban J connectivity index is 1.38. The fraction of sp³-hybridized carbons (Fsp3) is 0.641. The van der Waals surface area contributed by atoms with Gasteiger partial charge in [0.1, 0.15) is 84.3 Å². The molecule has 792 valence electrons. The van der Waals surface area contributed by atoms with E-state index in [-0.39, 0.29) is 177 Å². The highest BCUT2D eigenvalue weighted by molar-refractivity contribution is 7.89. The molecule has 3 heterocycles. The van der Waals surface area contributed by atoms with Gasteiger partial charge in [-0.05, 0) is 157 Å². The fourth-order valence-corrected chi connectivity index (χ4v) is 17.3. The molecule has 0 spiro atoms. The first-order valence-electron chi connectivity index (χ1n) is 48.4. The van der Waals surface area contributed by atoms with Crippen LogP contribution in [0.15, 0.2) is 65.8 Å². The van der Waals surface area contributed by atoms with Crippen molar-refractivity contribution in [3.63, 3.8) is 0 Å². The van der Waals surface area contributed by atoms with Gasteiger partial charge < -0.3 is 133 Å². The molecule has 0 aliphatic carbocycles. The number of pyridine rings is 1. The number of carbonyl (C=O) groups is 15. The molecule has 0 unspecified atom stereocenters. The number of carboxylic acids is 1. The number of aliphatic hydroxyl groups is 1. The van der Waals surface area contributed by atoms with E-state index in [4.69, 9.17) is 48.7 Å². The van der Waals surface area contributed by atoms with Crippen molar-refractivity contribution in [1.29, 1.82) is 16.2 Å². The number of carbonyl (C=O) groups excluding carboxylic acids is 14. The Morgan fingerprint density at radius 2 is 1.00 bits per heavy atom. The smallest absolute Gasteiger partial charge is 0.347 e. The molecule has 1 aromatic heterocycles. The lowest BCUT2D eigenvalue weighted by molar-refractivity contribution is -0.198. The second-order valence-electron chi connectivity index (χ2n) is 36.4. The highest BCUT2D eigenvalue weighted by atomic mass is 32.2. The molecular weight excluding hydrogens is 1870 g/mol. The lowest BCUT2D eigenvalue weighted by Gasteiger charge is -2.34. The first-order chi connectivity index (χ1) is 67.3. The zero-order chi connectivity index (χ0) is 105. The number of nitrogens with two attached hydrogens (primary N) is 4. The SMILES string of the molecule is CC[C@H](C)[C@H](NC(=O)[C@H](CCCCN)NC(=O)[C@H](CCCNC(=N)N)NC(=O)[C@H](Cc1ccc(O)cc1)NC(=O)[C@H](C)NC(=O)[C@@H]1CCCN1OC(=O)[C@H](CCCNC(=N)NCCOCCN1CCN(S(=O)(=O)c2cccc3cnccc23)CC1)NC(=O)[C@H](CCCNC(=N)N)NC(=O)[C@H](CO)NC(=O)[C@H](CC(C)C)NC(=O)[C@@H](NC(=O)[C@H](CCC(=O)O)NC(C)=O)[C@@H](C)CC)C(=O)N[C@@H](CC(C)C)C(N)=O. The van der Waals surface area contributed by atoms with E-state index in [0.717, 1.165) is 12.0 Å². The van der Waals surface area contributed by atoms with Crippen LogP contribution in [0.25, 0.3) is 10.8 Å². The maximum absolute atomic E-state index is 14.9. The minimum Gasteiger partial charge on any atom is -0.508 e. The van der Waals surface area contributed by atoms with Crippen molar-refractivity contribution < 1.29 is 105 Å². The summed E-state index contributed by atoms with van der Waals surface area (Å²) in [5, 5.41) is 99.3. The molecule has 0 bridgehead atoms. The number of unbranched alkanes of at least 4 members (excludes halogenated alkanes) is 1. The Labute approximate surface area is 828 Å². The lowest BCUT2D eigenvalue weighted by atomic mass is 9.96. The second-order valence-corrected chi connectivity index (χ2v) is 38.3. The van der Waals surface area contributed by atoms with Crippen LogP contribution < -0.4 is 108 Å². The van der Waals surface area contributed by atoms with Gasteiger partial charge >= 0.3 is 11.9 Å². The first kappa shape index (κ1) is 120. The van der Waals surface area contributed by atoms with Crippen LogP contribution in [0.2, 0.25) is 0 Å². The highest BCUT2D eigenvalue weighted by Gasteiger charge is 2.42. The quantitative estimate of drug-likeness (QED) is 0.0147. The number of benzene rings is 2. The number of amides is 13. The summed E-state index contributed by atoms with van der Waals surface area (Å²) in [6.07, 6.45) is 3.22. The summed E-state index contributed by atoms with van der Waals surface area (Å²) in [6, 6.07) is -6.40. The van der Waals surface area contributed by atoms with Gasteiger partial charge in [0.25, 0.3) is 0 Å². The number of primary amides is 1. The molecule has 15 atom stereocenters. The van der Waals surface area contributed by atoms with E-state index in [1.807, 2.05) is 13.8 Å². The molecular formula is C92H151N27O22S. The fourth-order valence-electron chi connectivity index (χ4n) is 15.6. The van der Waals surface area contributed by atoms with E-state index >= 15 is 0 Å². The molecule has 0 saturated carbocycles. The van der Waals surface area contributed by atoms with Gasteiger partial charge in [0.15, 0.2) is 17.9 Å². The largest absolute Gasteiger partial charge is 0.508 e. The Hall–Kier alpha value is -12.8. The molecule has 3 aromatic rings. The number of rotatable bonds is 64. The molecule has 13 amide bonds. The predicted molar refractivity (Wildman–Crippen MR) is 525 cm³/mol. The zero-order valence-electron chi connectivity index (χ0n) is 82.8. The number of aromatic nitrogens is 1. The summed E-state index contributed by atoms with van der Waals surface area (Å²) in [7, 11) is -3.81. The van der Waals surface area contributed by atoms with Gasteiger partial charge in [0.2, 0.25) is 86.8 Å². The van der Waals surface area contributed by atoms with Crippen molar-refractivity contribution >= 4 is 127 Å². The van der Waals surface area contributed by atoms with E-state index in [0.29, 0.717) is 61.7 Å². The molecule has 2 aliphatic rings. The van der Waals surface area contributed by atoms with Crippen molar-refractivity contribution in [2.24, 2.45) is 46.6 Å². The number of phenols is 1. The standard InChI is InChI=1S/C92H151N27O22S/c1-11-55(7)75(87(135)111-68(77(94)125)48-53(3)4)115-81(129)63(21-13-14-34-93)107-79(127)64(22-16-35-101-90(95)96)108-84(132)70(50-59-27-29-61(122)30-28-59)112-78(126)57(9)105-86(134)72-25-19-40-119(72)141-89(137)67(24-18-37-103-92(99)104-39-46-140-47-45-117-41-43-118(44-42-117)142(138,139)73-26-15-20-60-51-100-38-33-62(60)73)110-80(128)65(23-17-36-102-91(97)98)109-85(133)71(52-120)114-83(131)69(49-54(5)6)113-88(136)76(56(8)12-2)116-82(130)66(106-58(10)121)31-32-74(123)124/h15,20,26-30,33,38,51,53-57,63-72,75-76,120,122H,11-14,16-19,21-25,31-32,34-37,39-50,52,93H2,1-10H3,(H2,94,125)(H,105,134)(H,106,121)(H,107,127)(H,108,132)(H,109,133)(H,110,128)(H,111,135)(H,112,126)(H,113,136)(H,114,131)(H,115,129)(H,116,130)(H,123,124)(H4,95,96,101)(H4,97,98,102)(H3,99,103,104)/t55-,56-,57-,63-,64-,65-,66-,67-,68-,69-,70-,71-,72-,75-,76-/m0/s1. The van der Waals surface area contributed by atoms with Crippen molar-refractivity contribution in [2.75, 3.05) is 91.8 Å². The molecule has 30 N–H and O–H groups in total. The molecule has 142 heavy (non-hydrogen) atoms. The molecule has 0 radical (unpaired) electrons. The van der Waals surface area contributed by atoms with Gasteiger partial charge in [-0.25, -0.2) is 13.2 Å². The number of ether oxygens (including phenoxy) is 1. The van der Waals surface area contributed by atoms with E-state index in [1.54, 1.807) is 78.2 Å². The Kier molecular flexibility index (Phi) is 52.1. The summed E-state index contributed by atoms with van der Waals surface area (Å²) in [6.45, 7) is 17.9. The van der Waals surface area contributed by atoms with Crippen molar-refractivity contribution in [3.8, 4) is 5.75 Å². The third-order valence-corrected chi connectivity index (χ3v) is 26.0. The Bertz CT molecular complexity index is 4820. The zero-order valence-corrected chi connectivity index (χ0v) is 83.6. The third-order valence-electron chi connectivity index (χ3n) is 24.0. The Morgan fingerprint density at radius 1 is 0.521 bits per heavy atom. The summed E-state index contributed by atoms with van der Waals surface area (Å²) >= 11 is 0. The predicted octanol–water partition coefficient (Wildman–Crippen LogP) is -3.64. The average Bonchev–Trinajstić information content (AvgIpc) is 0.879. The average molecular weight is 2020 g/mol. The Morgan fingerprint density at radius 3 is 1.53 bits per heavy atom. The minimum absolute atomic E-state index is 0.00225.